The van der Waals surface area contributed by atoms with Crippen molar-refractivity contribution in [2.24, 2.45) is 5.41 Å². The first kappa shape index (κ1) is 30.5. The summed E-state index contributed by atoms with van der Waals surface area (Å²) in [4.78, 5) is 11.2. The first-order chi connectivity index (χ1) is 19.0. The number of hydrogen-bond acceptors (Lipinski definition) is 4. The van der Waals surface area contributed by atoms with Crippen LogP contribution in [0.1, 0.15) is 109 Å². The van der Waals surface area contributed by atoms with Crippen LogP contribution in [0, 0.1) is 16.7 Å². The Hall–Kier alpha value is -3.06. The summed E-state index contributed by atoms with van der Waals surface area (Å²) in [5.74, 6) is 1.01. The van der Waals surface area contributed by atoms with Gasteiger partial charge in [0.25, 0.3) is 0 Å². The van der Waals surface area contributed by atoms with Gasteiger partial charge in [-0.25, -0.2) is 4.79 Å². The normalized spacial score (nSPS) is 19.6. The van der Waals surface area contributed by atoms with E-state index in [4.69, 9.17) is 9.47 Å². The molecule has 4 heteroatoms. The molecular formula is C35H47NO3. The molecule has 0 radical (unpaired) electrons. The number of nitriles is 1. The molecule has 4 nitrogen and oxygen atoms in total. The summed E-state index contributed by atoms with van der Waals surface area (Å²) in [6, 6.07) is 20.1. The predicted molar refractivity (Wildman–Crippen MR) is 160 cm³/mol. The number of esters is 1. The third-order valence-corrected chi connectivity index (χ3v) is 8.16. The van der Waals surface area contributed by atoms with Gasteiger partial charge in [-0.1, -0.05) is 88.9 Å². The molecule has 210 valence electrons. The fraction of sp³-hybridized carbons (Fsp3) is 0.543. The minimum Gasteiger partial charge on any atom is -0.490 e. The highest BCUT2D eigenvalue weighted by Crippen LogP contribution is 2.46. The molecule has 0 heterocycles. The van der Waals surface area contributed by atoms with Gasteiger partial charge in [0.1, 0.15) is 5.75 Å². The monoisotopic (exact) mass is 529 g/mol. The van der Waals surface area contributed by atoms with Crippen LogP contribution in [0.15, 0.2) is 61.2 Å². The number of nitrogens with zero attached hydrogens (tertiary/aromatic N) is 1. The summed E-state index contributed by atoms with van der Waals surface area (Å²) in [5, 5.41) is 10.0. The van der Waals surface area contributed by atoms with Crippen LogP contribution in [0.4, 0.5) is 0 Å². The number of unbranched alkanes of at least 4 members (excludes halogenated alkanes) is 3. The molecule has 0 saturated heterocycles. The van der Waals surface area contributed by atoms with E-state index < -0.39 is 0 Å². The molecule has 1 aliphatic rings. The Bertz CT molecular complexity index is 1050. The highest BCUT2D eigenvalue weighted by atomic mass is 16.5. The number of hydrogen-bond donors (Lipinski definition) is 0. The zero-order valence-corrected chi connectivity index (χ0v) is 24.1. The SMILES string of the molecule is C=CC(=O)OCCCCC(CCC)Oc1ccc(-c2ccc(C3CCCC(C#N)(CCCCC)C3)cc2)cc1. The van der Waals surface area contributed by atoms with E-state index in [2.05, 4.69) is 75.0 Å². The predicted octanol–water partition coefficient (Wildman–Crippen LogP) is 9.55. The number of ether oxygens (including phenoxy) is 2. The maximum Gasteiger partial charge on any atom is 0.330 e. The maximum atomic E-state index is 11.2. The lowest BCUT2D eigenvalue weighted by Crippen LogP contribution is -2.26. The molecule has 1 aliphatic carbocycles. The van der Waals surface area contributed by atoms with E-state index >= 15 is 0 Å². The van der Waals surface area contributed by atoms with Crippen LogP contribution < -0.4 is 4.74 Å². The van der Waals surface area contributed by atoms with Crippen LogP contribution in [-0.4, -0.2) is 18.7 Å². The Morgan fingerprint density at radius 3 is 2.38 bits per heavy atom. The minimum absolute atomic E-state index is 0.138. The first-order valence-corrected chi connectivity index (χ1v) is 15.1. The molecule has 3 atom stereocenters. The van der Waals surface area contributed by atoms with E-state index in [-0.39, 0.29) is 17.5 Å². The molecule has 2 aromatic carbocycles. The Morgan fingerprint density at radius 2 is 1.74 bits per heavy atom. The quantitative estimate of drug-likeness (QED) is 0.123. The zero-order chi connectivity index (χ0) is 27.9. The fourth-order valence-electron chi connectivity index (χ4n) is 5.90. The van der Waals surface area contributed by atoms with Crippen molar-refractivity contribution in [2.75, 3.05) is 6.61 Å². The van der Waals surface area contributed by atoms with Crippen molar-refractivity contribution in [1.29, 1.82) is 5.26 Å². The van der Waals surface area contributed by atoms with Gasteiger partial charge in [-0.05, 0) is 86.1 Å². The van der Waals surface area contributed by atoms with Crippen LogP contribution >= 0.6 is 0 Å². The van der Waals surface area contributed by atoms with Gasteiger partial charge >= 0.3 is 5.97 Å². The zero-order valence-electron chi connectivity index (χ0n) is 24.1. The summed E-state index contributed by atoms with van der Waals surface area (Å²) in [5.41, 5.74) is 3.62. The Balaban J connectivity index is 1.55. The summed E-state index contributed by atoms with van der Waals surface area (Å²) in [6.07, 6.45) is 15.2. The van der Waals surface area contributed by atoms with Crippen LogP contribution in [0.3, 0.4) is 0 Å². The van der Waals surface area contributed by atoms with Gasteiger partial charge in [0.05, 0.1) is 24.2 Å². The number of carbonyl (C=O) groups is 1. The highest BCUT2D eigenvalue weighted by Gasteiger charge is 2.36. The molecule has 0 spiro atoms. The van der Waals surface area contributed by atoms with Crippen molar-refractivity contribution >= 4 is 5.97 Å². The Morgan fingerprint density at radius 1 is 1.03 bits per heavy atom. The molecule has 39 heavy (non-hydrogen) atoms. The molecule has 2 aromatic rings. The van der Waals surface area contributed by atoms with Crippen molar-refractivity contribution in [3.05, 3.63) is 66.7 Å². The summed E-state index contributed by atoms with van der Waals surface area (Å²) < 4.78 is 11.4. The summed E-state index contributed by atoms with van der Waals surface area (Å²) in [7, 11) is 0. The van der Waals surface area contributed by atoms with Crippen LogP contribution in [0.25, 0.3) is 11.1 Å². The molecule has 0 bridgehead atoms. The summed E-state index contributed by atoms with van der Waals surface area (Å²) in [6.45, 7) is 8.25. The van der Waals surface area contributed by atoms with E-state index in [0.717, 1.165) is 63.5 Å². The van der Waals surface area contributed by atoms with Gasteiger partial charge in [0, 0.05) is 6.08 Å². The van der Waals surface area contributed by atoms with E-state index in [9.17, 15) is 10.1 Å². The third-order valence-electron chi connectivity index (χ3n) is 8.16. The van der Waals surface area contributed by atoms with E-state index in [0.29, 0.717) is 12.5 Å². The van der Waals surface area contributed by atoms with Gasteiger partial charge in [-0.15, -0.1) is 0 Å². The minimum atomic E-state index is -0.362. The van der Waals surface area contributed by atoms with Gasteiger partial charge in [-0.3, -0.25) is 0 Å². The lowest BCUT2D eigenvalue weighted by Gasteiger charge is -2.36. The molecule has 3 rings (SSSR count). The number of rotatable bonds is 16. The fourth-order valence-corrected chi connectivity index (χ4v) is 5.90. The highest BCUT2D eigenvalue weighted by molar-refractivity contribution is 5.81. The standard InChI is InChI=1S/C35H47NO3/c1-4-7-9-23-35(27-36)24-11-13-31(26-35)30-17-15-28(16-18-30)29-19-21-33(22-20-29)39-32(12-5-2)14-8-10-25-38-34(37)6-3/h6,15-22,31-32H,3-5,7-14,23-26H2,1-2H3. The largest absolute Gasteiger partial charge is 0.490 e. The molecule has 0 amide bonds. The third kappa shape index (κ3) is 9.57. The Kier molecular flexibility index (Phi) is 12.6. The van der Waals surface area contributed by atoms with Crippen LogP contribution in [0.5, 0.6) is 5.75 Å². The lowest BCUT2D eigenvalue weighted by molar-refractivity contribution is -0.137. The van der Waals surface area contributed by atoms with Crippen LogP contribution in [0.2, 0.25) is 0 Å². The van der Waals surface area contributed by atoms with E-state index in [1.807, 2.05) is 0 Å². The van der Waals surface area contributed by atoms with E-state index in [1.54, 1.807) is 0 Å². The van der Waals surface area contributed by atoms with Gasteiger partial charge in [0.15, 0.2) is 0 Å². The second-order valence-corrected chi connectivity index (χ2v) is 11.2. The van der Waals surface area contributed by atoms with Crippen LogP contribution in [-0.2, 0) is 9.53 Å². The van der Waals surface area contributed by atoms with Crippen molar-refractivity contribution in [3.8, 4) is 22.9 Å². The molecule has 0 aromatic heterocycles. The van der Waals surface area contributed by atoms with Crippen molar-refractivity contribution in [2.45, 2.75) is 109 Å². The van der Waals surface area contributed by atoms with Gasteiger partial charge in [0.2, 0.25) is 0 Å². The smallest absolute Gasteiger partial charge is 0.330 e. The van der Waals surface area contributed by atoms with Crippen molar-refractivity contribution in [1.82, 2.24) is 0 Å². The molecule has 1 fully saturated rings. The molecule has 1 saturated carbocycles. The maximum absolute atomic E-state index is 11.2. The number of carbonyl (C=O) groups excluding carboxylic acids is 1. The van der Waals surface area contributed by atoms with Crippen molar-refractivity contribution < 1.29 is 14.3 Å². The van der Waals surface area contributed by atoms with Gasteiger partial charge in [-0.2, -0.15) is 5.26 Å². The lowest BCUT2D eigenvalue weighted by atomic mass is 9.66. The average molecular weight is 530 g/mol. The molecule has 0 N–H and O–H groups in total. The van der Waals surface area contributed by atoms with Crippen molar-refractivity contribution in [3.63, 3.8) is 0 Å². The molecule has 3 unspecified atom stereocenters. The topological polar surface area (TPSA) is 59.3 Å². The average Bonchev–Trinajstić information content (AvgIpc) is 2.97. The number of benzene rings is 2. The van der Waals surface area contributed by atoms with E-state index in [1.165, 1.54) is 48.4 Å². The summed E-state index contributed by atoms with van der Waals surface area (Å²) >= 11 is 0. The first-order valence-electron chi connectivity index (χ1n) is 15.1. The molecular weight excluding hydrogens is 482 g/mol. The molecule has 0 aliphatic heterocycles. The Labute approximate surface area is 236 Å². The second-order valence-electron chi connectivity index (χ2n) is 11.2. The van der Waals surface area contributed by atoms with Gasteiger partial charge < -0.3 is 9.47 Å². The second kappa shape index (κ2) is 16.1.